The van der Waals surface area contributed by atoms with Crippen molar-refractivity contribution in [1.82, 2.24) is 4.90 Å². The summed E-state index contributed by atoms with van der Waals surface area (Å²) in [6.07, 6.45) is 0. The van der Waals surface area contributed by atoms with Gasteiger partial charge in [-0.2, -0.15) is 0 Å². The van der Waals surface area contributed by atoms with Crippen molar-refractivity contribution in [2.45, 2.75) is 18.8 Å². The summed E-state index contributed by atoms with van der Waals surface area (Å²) in [6.45, 7) is 2.50. The van der Waals surface area contributed by atoms with Gasteiger partial charge in [0.15, 0.2) is 0 Å². The highest BCUT2D eigenvalue weighted by Crippen LogP contribution is 2.39. The van der Waals surface area contributed by atoms with Crippen LogP contribution in [-0.4, -0.2) is 22.5 Å². The molecule has 1 aliphatic heterocycles. The number of halogens is 1. The molecule has 0 radical (unpaired) electrons. The van der Waals surface area contributed by atoms with Gasteiger partial charge in [0, 0.05) is 22.8 Å². The Kier molecular flexibility index (Phi) is 6.11. The number of hydrogen-bond acceptors (Lipinski definition) is 3. The molecule has 152 valence electrons. The zero-order chi connectivity index (χ0) is 21.1. The minimum atomic E-state index is -0.191. The zero-order valence-corrected chi connectivity index (χ0v) is 18.0. The Labute approximate surface area is 185 Å². The highest BCUT2D eigenvalue weighted by Gasteiger charge is 2.32. The number of nitrogens with zero attached hydrogens (tertiary/aromatic N) is 1. The molecule has 0 aromatic heterocycles. The van der Waals surface area contributed by atoms with Gasteiger partial charge >= 0.3 is 0 Å². The van der Waals surface area contributed by atoms with E-state index in [1.54, 1.807) is 36.0 Å². The Morgan fingerprint density at radius 1 is 1.10 bits per heavy atom. The summed E-state index contributed by atoms with van der Waals surface area (Å²) in [4.78, 5) is 27.0. The fraction of sp³-hybridized carbons (Fsp3) is 0.167. The van der Waals surface area contributed by atoms with Gasteiger partial charge in [-0.25, -0.2) is 0 Å². The predicted octanol–water partition coefficient (Wildman–Crippen LogP) is 5.67. The average molecular weight is 437 g/mol. The lowest BCUT2D eigenvalue weighted by atomic mass is 10.1. The molecule has 1 saturated heterocycles. The van der Waals surface area contributed by atoms with Crippen molar-refractivity contribution in [3.63, 3.8) is 0 Å². The third-order valence-electron chi connectivity index (χ3n) is 5.07. The summed E-state index contributed by atoms with van der Waals surface area (Å²) >= 11 is 7.65. The Bertz CT molecular complexity index is 1070. The summed E-state index contributed by atoms with van der Waals surface area (Å²) in [5.74, 6) is 0.406. The molecule has 1 heterocycles. The van der Waals surface area contributed by atoms with Crippen molar-refractivity contribution in [3.8, 4) is 0 Å². The molecule has 1 atom stereocenters. The summed E-state index contributed by atoms with van der Waals surface area (Å²) < 4.78 is 0. The van der Waals surface area contributed by atoms with Gasteiger partial charge < -0.3 is 10.2 Å². The van der Waals surface area contributed by atoms with Crippen LogP contribution in [-0.2, 0) is 11.3 Å². The minimum absolute atomic E-state index is 0.0509. The molecule has 4 nitrogen and oxygen atoms in total. The summed E-state index contributed by atoms with van der Waals surface area (Å²) in [5.41, 5.74) is 4.31. The summed E-state index contributed by atoms with van der Waals surface area (Å²) in [6, 6.07) is 22.8. The Hall–Kier alpha value is -2.76. The van der Waals surface area contributed by atoms with E-state index in [9.17, 15) is 9.59 Å². The van der Waals surface area contributed by atoms with E-state index in [1.807, 2.05) is 60.4 Å². The number of rotatable bonds is 5. The predicted molar refractivity (Wildman–Crippen MR) is 123 cm³/mol. The molecule has 0 spiro atoms. The molecule has 0 bridgehead atoms. The zero-order valence-electron chi connectivity index (χ0n) is 16.5. The van der Waals surface area contributed by atoms with E-state index in [1.165, 1.54) is 0 Å². The van der Waals surface area contributed by atoms with Crippen molar-refractivity contribution >= 4 is 40.9 Å². The first-order valence-corrected chi connectivity index (χ1v) is 11.1. The van der Waals surface area contributed by atoms with Crippen LogP contribution >= 0.6 is 23.4 Å². The third-order valence-corrected chi connectivity index (χ3v) is 6.56. The smallest absolute Gasteiger partial charge is 0.255 e. The van der Waals surface area contributed by atoms with Crippen LogP contribution in [0, 0.1) is 6.92 Å². The second-order valence-corrected chi connectivity index (χ2v) is 8.71. The molecule has 1 aliphatic rings. The molecule has 1 N–H and O–H groups in total. The molecule has 0 saturated carbocycles. The second kappa shape index (κ2) is 8.94. The first-order chi connectivity index (χ1) is 14.5. The molecule has 4 rings (SSSR count). The van der Waals surface area contributed by atoms with E-state index in [2.05, 4.69) is 5.32 Å². The third kappa shape index (κ3) is 4.53. The number of amides is 2. The SMILES string of the molecule is Cc1ccc(Cl)cc1NC(=O)c1ccc([C@H]2SCC(=O)N2Cc2ccccc2)cc1. The maximum absolute atomic E-state index is 12.6. The van der Waals surface area contributed by atoms with Crippen LogP contribution < -0.4 is 5.32 Å². The van der Waals surface area contributed by atoms with E-state index in [4.69, 9.17) is 11.6 Å². The number of thioether (sulfide) groups is 1. The normalized spacial score (nSPS) is 16.0. The van der Waals surface area contributed by atoms with Gasteiger partial charge in [-0.1, -0.05) is 60.1 Å². The van der Waals surface area contributed by atoms with Crippen molar-refractivity contribution in [2.24, 2.45) is 0 Å². The highest BCUT2D eigenvalue weighted by atomic mass is 35.5. The van der Waals surface area contributed by atoms with Crippen LogP contribution in [0.2, 0.25) is 5.02 Å². The van der Waals surface area contributed by atoms with Crippen molar-refractivity contribution in [2.75, 3.05) is 11.1 Å². The van der Waals surface area contributed by atoms with Crippen LogP contribution in [0.25, 0.3) is 0 Å². The number of anilines is 1. The highest BCUT2D eigenvalue weighted by molar-refractivity contribution is 8.00. The van der Waals surface area contributed by atoms with Crippen LogP contribution in [0.1, 0.15) is 32.4 Å². The van der Waals surface area contributed by atoms with E-state index in [-0.39, 0.29) is 17.2 Å². The Balaban J connectivity index is 1.49. The summed E-state index contributed by atoms with van der Waals surface area (Å²) in [7, 11) is 0. The maximum atomic E-state index is 12.6. The van der Waals surface area contributed by atoms with Gasteiger partial charge in [0.1, 0.15) is 5.37 Å². The van der Waals surface area contributed by atoms with E-state index in [0.717, 1.165) is 16.7 Å². The number of carbonyl (C=O) groups excluding carboxylic acids is 2. The second-order valence-electron chi connectivity index (χ2n) is 7.21. The molecule has 30 heavy (non-hydrogen) atoms. The lowest BCUT2D eigenvalue weighted by Crippen LogP contribution is -2.27. The van der Waals surface area contributed by atoms with Crippen LogP contribution in [0.5, 0.6) is 0 Å². The number of carbonyl (C=O) groups is 2. The van der Waals surface area contributed by atoms with E-state index < -0.39 is 0 Å². The van der Waals surface area contributed by atoms with Gasteiger partial charge in [0.25, 0.3) is 5.91 Å². The lowest BCUT2D eigenvalue weighted by molar-refractivity contribution is -0.128. The molecule has 0 aliphatic carbocycles. The largest absolute Gasteiger partial charge is 0.322 e. The van der Waals surface area contributed by atoms with Gasteiger partial charge in [-0.15, -0.1) is 11.8 Å². The first kappa shape index (κ1) is 20.5. The topological polar surface area (TPSA) is 49.4 Å². The molecule has 6 heteroatoms. The minimum Gasteiger partial charge on any atom is -0.322 e. The quantitative estimate of drug-likeness (QED) is 0.560. The monoisotopic (exact) mass is 436 g/mol. The van der Waals surface area contributed by atoms with Gasteiger partial charge in [0.05, 0.1) is 5.75 Å². The van der Waals surface area contributed by atoms with E-state index in [0.29, 0.717) is 28.6 Å². The first-order valence-electron chi connectivity index (χ1n) is 9.64. The molecule has 0 unspecified atom stereocenters. The van der Waals surface area contributed by atoms with Crippen LogP contribution in [0.3, 0.4) is 0 Å². The number of hydrogen-bond donors (Lipinski definition) is 1. The molecule has 3 aromatic carbocycles. The standard InChI is InChI=1S/C24H21ClN2O2S/c1-16-7-12-20(25)13-21(16)26-23(29)18-8-10-19(11-9-18)24-27(22(28)15-30-24)14-17-5-3-2-4-6-17/h2-13,24H,14-15H2,1H3,(H,26,29)/t24-/m1/s1. The van der Waals surface area contributed by atoms with Gasteiger partial charge in [-0.05, 0) is 47.9 Å². The van der Waals surface area contributed by atoms with Crippen LogP contribution in [0.4, 0.5) is 5.69 Å². The van der Waals surface area contributed by atoms with Crippen LogP contribution in [0.15, 0.2) is 72.8 Å². The van der Waals surface area contributed by atoms with Crippen molar-refractivity contribution in [3.05, 3.63) is 100 Å². The molecule has 1 fully saturated rings. The lowest BCUT2D eigenvalue weighted by Gasteiger charge is -2.24. The fourth-order valence-electron chi connectivity index (χ4n) is 3.40. The summed E-state index contributed by atoms with van der Waals surface area (Å²) in [5, 5.41) is 3.44. The molecule has 2 amide bonds. The maximum Gasteiger partial charge on any atom is 0.255 e. The van der Waals surface area contributed by atoms with Crippen molar-refractivity contribution in [1.29, 1.82) is 0 Å². The average Bonchev–Trinajstić information content (AvgIpc) is 3.12. The number of aryl methyl sites for hydroxylation is 1. The fourth-order valence-corrected chi connectivity index (χ4v) is 4.76. The van der Waals surface area contributed by atoms with Crippen molar-refractivity contribution < 1.29 is 9.59 Å². The van der Waals surface area contributed by atoms with E-state index >= 15 is 0 Å². The number of benzene rings is 3. The molecular weight excluding hydrogens is 416 g/mol. The van der Waals surface area contributed by atoms with Gasteiger partial charge in [-0.3, -0.25) is 9.59 Å². The Morgan fingerprint density at radius 3 is 2.57 bits per heavy atom. The Morgan fingerprint density at radius 2 is 1.83 bits per heavy atom. The molecule has 3 aromatic rings. The molecular formula is C24H21ClN2O2S. The van der Waals surface area contributed by atoms with Gasteiger partial charge in [0.2, 0.25) is 5.91 Å². The number of nitrogens with one attached hydrogen (secondary N) is 1.